The first-order valence-electron chi connectivity index (χ1n) is 9.45. The summed E-state index contributed by atoms with van der Waals surface area (Å²) in [6.07, 6.45) is 1.55. The van der Waals surface area contributed by atoms with Gasteiger partial charge >= 0.3 is 5.97 Å². The van der Waals surface area contributed by atoms with Crippen molar-refractivity contribution in [3.63, 3.8) is 0 Å². The minimum absolute atomic E-state index is 0.251. The van der Waals surface area contributed by atoms with Gasteiger partial charge in [0.15, 0.2) is 16.6 Å². The molecular formula is C23H20FN3O3S. The SMILES string of the molecule is CCOc1cc(/C=N/NC(=S)Nc2ccc(F)cc2)ccc1OC(=O)c1ccccc1. The first kappa shape index (κ1) is 21.9. The molecule has 0 fully saturated rings. The molecule has 3 rings (SSSR count). The Hall–Kier alpha value is -3.78. The number of carbonyl (C=O) groups is 1. The van der Waals surface area contributed by atoms with Crippen LogP contribution in [-0.4, -0.2) is 23.9 Å². The van der Waals surface area contributed by atoms with Gasteiger partial charge in [0.25, 0.3) is 0 Å². The van der Waals surface area contributed by atoms with Crippen LogP contribution in [0.1, 0.15) is 22.8 Å². The highest BCUT2D eigenvalue weighted by Crippen LogP contribution is 2.29. The average molecular weight is 437 g/mol. The quantitative estimate of drug-likeness (QED) is 0.183. The van der Waals surface area contributed by atoms with Crippen LogP contribution in [0.15, 0.2) is 77.9 Å². The number of hydrogen-bond donors (Lipinski definition) is 2. The normalized spacial score (nSPS) is 10.5. The van der Waals surface area contributed by atoms with Gasteiger partial charge in [0.05, 0.1) is 18.4 Å². The first-order valence-corrected chi connectivity index (χ1v) is 9.85. The molecule has 8 heteroatoms. The molecule has 0 saturated carbocycles. The van der Waals surface area contributed by atoms with Gasteiger partial charge in [0.1, 0.15) is 5.82 Å². The molecule has 2 N–H and O–H groups in total. The molecular weight excluding hydrogens is 417 g/mol. The van der Waals surface area contributed by atoms with Crippen LogP contribution in [0.3, 0.4) is 0 Å². The van der Waals surface area contributed by atoms with E-state index in [4.69, 9.17) is 21.7 Å². The Labute approximate surface area is 184 Å². The molecule has 0 saturated heterocycles. The van der Waals surface area contributed by atoms with Gasteiger partial charge in [0.2, 0.25) is 0 Å². The maximum Gasteiger partial charge on any atom is 0.343 e. The summed E-state index contributed by atoms with van der Waals surface area (Å²) < 4.78 is 24.0. The summed E-state index contributed by atoms with van der Waals surface area (Å²) in [5.74, 6) is -0.0654. The minimum Gasteiger partial charge on any atom is -0.490 e. The third-order valence-electron chi connectivity index (χ3n) is 3.96. The molecule has 6 nitrogen and oxygen atoms in total. The number of hydrazone groups is 1. The maximum absolute atomic E-state index is 12.9. The van der Waals surface area contributed by atoms with Gasteiger partial charge in [-0.1, -0.05) is 18.2 Å². The zero-order valence-corrected chi connectivity index (χ0v) is 17.5. The van der Waals surface area contributed by atoms with Crippen molar-refractivity contribution in [2.75, 3.05) is 11.9 Å². The lowest BCUT2D eigenvalue weighted by Crippen LogP contribution is -2.23. The number of rotatable bonds is 7. The molecule has 0 aliphatic rings. The molecule has 0 aromatic heterocycles. The highest BCUT2D eigenvalue weighted by Gasteiger charge is 2.12. The maximum atomic E-state index is 12.9. The van der Waals surface area contributed by atoms with Crippen molar-refractivity contribution in [3.8, 4) is 11.5 Å². The summed E-state index contributed by atoms with van der Waals surface area (Å²) in [6.45, 7) is 2.24. The average Bonchev–Trinajstić information content (AvgIpc) is 2.78. The van der Waals surface area contributed by atoms with Crippen LogP contribution >= 0.6 is 12.2 Å². The molecule has 0 aliphatic heterocycles. The van der Waals surface area contributed by atoms with Crippen LogP contribution in [-0.2, 0) is 0 Å². The summed E-state index contributed by atoms with van der Waals surface area (Å²) >= 11 is 5.15. The Bertz CT molecular complexity index is 1070. The molecule has 0 spiro atoms. The fourth-order valence-corrected chi connectivity index (χ4v) is 2.72. The van der Waals surface area contributed by atoms with Crippen LogP contribution in [0, 0.1) is 5.82 Å². The third kappa shape index (κ3) is 6.61. The molecule has 31 heavy (non-hydrogen) atoms. The summed E-state index contributed by atoms with van der Waals surface area (Å²) in [5, 5.41) is 7.22. The van der Waals surface area contributed by atoms with Crippen molar-refractivity contribution in [2.45, 2.75) is 6.92 Å². The first-order chi connectivity index (χ1) is 15.0. The Morgan fingerprint density at radius 3 is 2.52 bits per heavy atom. The smallest absolute Gasteiger partial charge is 0.343 e. The second kappa shape index (κ2) is 10.8. The summed E-state index contributed by atoms with van der Waals surface area (Å²) in [6, 6.07) is 19.6. The standard InChI is InChI=1S/C23H20FN3O3S/c1-2-29-21-14-16(8-13-20(21)30-22(28)17-6-4-3-5-7-17)15-25-27-23(31)26-19-11-9-18(24)10-12-19/h3-15H,2H2,1H3,(H2,26,27,31)/b25-15+. The highest BCUT2D eigenvalue weighted by molar-refractivity contribution is 7.80. The molecule has 0 heterocycles. The Morgan fingerprint density at radius 2 is 1.81 bits per heavy atom. The number of carbonyl (C=O) groups excluding carboxylic acids is 1. The molecule has 3 aromatic rings. The van der Waals surface area contributed by atoms with E-state index in [0.29, 0.717) is 34.9 Å². The largest absolute Gasteiger partial charge is 0.490 e. The van der Waals surface area contributed by atoms with Gasteiger partial charge in [-0.25, -0.2) is 9.18 Å². The summed E-state index contributed by atoms with van der Waals surface area (Å²) in [7, 11) is 0. The van der Waals surface area contributed by atoms with Crippen molar-refractivity contribution in [1.82, 2.24) is 5.43 Å². The van der Waals surface area contributed by atoms with E-state index in [1.165, 1.54) is 12.1 Å². The van der Waals surface area contributed by atoms with Crippen LogP contribution in [0.25, 0.3) is 0 Å². The Balaban J connectivity index is 1.63. The zero-order chi connectivity index (χ0) is 22.1. The number of hydrogen-bond acceptors (Lipinski definition) is 5. The minimum atomic E-state index is -0.471. The molecule has 0 atom stereocenters. The topological polar surface area (TPSA) is 71.9 Å². The van der Waals surface area contributed by atoms with Crippen molar-refractivity contribution < 1.29 is 18.7 Å². The van der Waals surface area contributed by atoms with Crippen molar-refractivity contribution in [2.24, 2.45) is 5.10 Å². The summed E-state index contributed by atoms with van der Waals surface area (Å²) in [5.41, 5.74) is 4.47. The molecule has 158 valence electrons. The van der Waals surface area contributed by atoms with E-state index in [1.54, 1.807) is 60.8 Å². The number of esters is 1. The highest BCUT2D eigenvalue weighted by atomic mass is 32.1. The lowest BCUT2D eigenvalue weighted by molar-refractivity contribution is 0.0728. The predicted molar refractivity (Wildman–Crippen MR) is 122 cm³/mol. The molecule has 0 amide bonds. The van der Waals surface area contributed by atoms with E-state index >= 15 is 0 Å². The number of nitrogens with zero attached hydrogens (tertiary/aromatic N) is 1. The number of thiocarbonyl (C=S) groups is 1. The fraction of sp³-hybridized carbons (Fsp3) is 0.0870. The van der Waals surface area contributed by atoms with Gasteiger partial charge < -0.3 is 14.8 Å². The van der Waals surface area contributed by atoms with Crippen LogP contribution in [0.4, 0.5) is 10.1 Å². The van der Waals surface area contributed by atoms with Crippen molar-refractivity contribution >= 4 is 35.2 Å². The lowest BCUT2D eigenvalue weighted by Gasteiger charge is -2.11. The molecule has 0 radical (unpaired) electrons. The van der Waals surface area contributed by atoms with Gasteiger partial charge in [-0.05, 0) is 79.3 Å². The van der Waals surface area contributed by atoms with Crippen molar-refractivity contribution in [3.05, 3.63) is 89.7 Å². The Morgan fingerprint density at radius 1 is 1.06 bits per heavy atom. The number of benzene rings is 3. The molecule has 0 aliphatic carbocycles. The fourth-order valence-electron chi connectivity index (χ4n) is 2.55. The van der Waals surface area contributed by atoms with Gasteiger partial charge in [-0.15, -0.1) is 0 Å². The van der Waals surface area contributed by atoms with E-state index in [-0.39, 0.29) is 10.9 Å². The number of halogens is 1. The van der Waals surface area contributed by atoms with Gasteiger partial charge in [0, 0.05) is 5.69 Å². The monoisotopic (exact) mass is 437 g/mol. The predicted octanol–water partition coefficient (Wildman–Crippen LogP) is 4.76. The second-order valence-corrected chi connectivity index (χ2v) is 6.63. The number of nitrogens with one attached hydrogen (secondary N) is 2. The van der Waals surface area contributed by atoms with E-state index < -0.39 is 5.97 Å². The van der Waals surface area contributed by atoms with Crippen LogP contribution < -0.4 is 20.2 Å². The summed E-state index contributed by atoms with van der Waals surface area (Å²) in [4.78, 5) is 12.3. The zero-order valence-electron chi connectivity index (χ0n) is 16.7. The third-order valence-corrected chi connectivity index (χ3v) is 4.15. The van der Waals surface area contributed by atoms with Gasteiger partial charge in [-0.3, -0.25) is 5.43 Å². The molecule has 0 bridgehead atoms. The van der Waals surface area contributed by atoms with Crippen LogP contribution in [0.2, 0.25) is 0 Å². The van der Waals surface area contributed by atoms with Crippen molar-refractivity contribution in [1.29, 1.82) is 0 Å². The Kier molecular flexibility index (Phi) is 7.67. The second-order valence-electron chi connectivity index (χ2n) is 6.23. The van der Waals surface area contributed by atoms with E-state index in [9.17, 15) is 9.18 Å². The number of anilines is 1. The lowest BCUT2D eigenvalue weighted by atomic mass is 10.2. The van der Waals surface area contributed by atoms with Gasteiger partial charge in [-0.2, -0.15) is 5.10 Å². The number of ether oxygens (including phenoxy) is 2. The van der Waals surface area contributed by atoms with E-state index in [2.05, 4.69) is 15.8 Å². The van der Waals surface area contributed by atoms with E-state index in [1.807, 2.05) is 13.0 Å². The molecule has 3 aromatic carbocycles. The van der Waals surface area contributed by atoms with E-state index in [0.717, 1.165) is 0 Å². The molecule has 0 unspecified atom stereocenters. The van der Waals surface area contributed by atoms with Crippen LogP contribution in [0.5, 0.6) is 11.5 Å².